The standard InChI is InChI=1S/C28H26ClNO5/c1-17(2)35-22-14-10-19(11-15-22)26(31)24-25(18-8-12-21(29)13-9-18)30(28(33)27(24)32)16-20-6-4-5-7-23(20)34-3/h4-15,17,25,31H,16H2,1-3H3/b26-24+. The number of aliphatic hydroxyl groups is 1. The number of benzene rings is 3. The van der Waals surface area contributed by atoms with Crippen molar-refractivity contribution in [1.82, 2.24) is 4.90 Å². The highest BCUT2D eigenvalue weighted by molar-refractivity contribution is 6.46. The number of amides is 1. The number of Topliss-reactive ketones (excluding diaryl/α,β-unsaturated/α-hetero) is 1. The van der Waals surface area contributed by atoms with Gasteiger partial charge in [0.05, 0.1) is 31.4 Å². The minimum atomic E-state index is -0.802. The molecule has 0 aromatic heterocycles. The highest BCUT2D eigenvalue weighted by atomic mass is 35.5. The number of aliphatic hydroxyl groups excluding tert-OH is 1. The molecule has 0 aliphatic carbocycles. The largest absolute Gasteiger partial charge is 0.507 e. The van der Waals surface area contributed by atoms with Gasteiger partial charge in [0.25, 0.3) is 11.7 Å². The van der Waals surface area contributed by atoms with Crippen LogP contribution in [0.25, 0.3) is 5.76 Å². The van der Waals surface area contributed by atoms with Crippen LogP contribution in [0.4, 0.5) is 0 Å². The minimum Gasteiger partial charge on any atom is -0.507 e. The van der Waals surface area contributed by atoms with Crippen LogP contribution in [0.15, 0.2) is 78.4 Å². The molecule has 0 spiro atoms. The topological polar surface area (TPSA) is 76.1 Å². The number of rotatable bonds is 7. The summed E-state index contributed by atoms with van der Waals surface area (Å²) in [4.78, 5) is 27.9. The molecular weight excluding hydrogens is 466 g/mol. The molecule has 6 nitrogen and oxygen atoms in total. The van der Waals surface area contributed by atoms with Gasteiger partial charge in [0.15, 0.2) is 0 Å². The highest BCUT2D eigenvalue weighted by Crippen LogP contribution is 2.41. The van der Waals surface area contributed by atoms with Gasteiger partial charge in [-0.25, -0.2) is 0 Å². The van der Waals surface area contributed by atoms with Crippen molar-refractivity contribution in [3.05, 3.63) is 100 Å². The van der Waals surface area contributed by atoms with E-state index in [1.807, 2.05) is 32.0 Å². The predicted octanol–water partition coefficient (Wildman–Crippen LogP) is 5.76. The Morgan fingerprint density at radius 2 is 1.66 bits per heavy atom. The molecular formula is C28H26ClNO5. The molecule has 1 saturated heterocycles. The Balaban J connectivity index is 1.81. The lowest BCUT2D eigenvalue weighted by Crippen LogP contribution is -2.29. The zero-order valence-electron chi connectivity index (χ0n) is 19.7. The third kappa shape index (κ3) is 5.03. The summed E-state index contributed by atoms with van der Waals surface area (Å²) in [6.07, 6.45) is -0.000320. The van der Waals surface area contributed by atoms with E-state index >= 15 is 0 Å². The van der Waals surface area contributed by atoms with Gasteiger partial charge in [-0.05, 0) is 61.9 Å². The van der Waals surface area contributed by atoms with Crippen molar-refractivity contribution in [2.45, 2.75) is 32.5 Å². The first-order valence-corrected chi connectivity index (χ1v) is 11.6. The molecule has 1 aliphatic heterocycles. The Labute approximate surface area is 209 Å². The summed E-state index contributed by atoms with van der Waals surface area (Å²) in [6, 6.07) is 20.2. The maximum Gasteiger partial charge on any atom is 0.295 e. The molecule has 4 rings (SSSR count). The Hall–Kier alpha value is -3.77. The molecule has 1 unspecified atom stereocenters. The molecule has 3 aromatic rings. The van der Waals surface area contributed by atoms with E-state index in [1.165, 1.54) is 4.90 Å². The highest BCUT2D eigenvalue weighted by Gasteiger charge is 2.46. The lowest BCUT2D eigenvalue weighted by molar-refractivity contribution is -0.140. The van der Waals surface area contributed by atoms with Crippen LogP contribution in [0.2, 0.25) is 5.02 Å². The van der Waals surface area contributed by atoms with E-state index in [-0.39, 0.29) is 24.0 Å². The maximum atomic E-state index is 13.2. The summed E-state index contributed by atoms with van der Waals surface area (Å²) in [7, 11) is 1.55. The number of hydrogen-bond acceptors (Lipinski definition) is 5. The first-order chi connectivity index (χ1) is 16.8. The third-order valence-electron chi connectivity index (χ3n) is 5.76. The molecule has 0 radical (unpaired) electrons. The number of likely N-dealkylation sites (tertiary alicyclic amines) is 1. The summed E-state index contributed by atoms with van der Waals surface area (Å²) in [6.45, 7) is 3.96. The van der Waals surface area contributed by atoms with E-state index in [9.17, 15) is 14.7 Å². The molecule has 1 amide bonds. The number of ether oxygens (including phenoxy) is 2. The Morgan fingerprint density at radius 1 is 1.00 bits per heavy atom. The number of carbonyl (C=O) groups is 2. The second-order valence-electron chi connectivity index (χ2n) is 8.48. The molecule has 1 aliphatic rings. The number of halogens is 1. The smallest absolute Gasteiger partial charge is 0.295 e. The molecule has 7 heteroatoms. The van der Waals surface area contributed by atoms with Crippen LogP contribution < -0.4 is 9.47 Å². The van der Waals surface area contributed by atoms with E-state index in [2.05, 4.69) is 0 Å². The van der Waals surface area contributed by atoms with Crippen LogP contribution >= 0.6 is 11.6 Å². The zero-order chi connectivity index (χ0) is 25.1. The molecule has 1 heterocycles. The number of ketones is 1. The number of hydrogen-bond donors (Lipinski definition) is 1. The van der Waals surface area contributed by atoms with Crippen LogP contribution in [0.3, 0.4) is 0 Å². The molecule has 1 atom stereocenters. The summed E-state index contributed by atoms with van der Waals surface area (Å²) < 4.78 is 11.1. The first-order valence-electron chi connectivity index (χ1n) is 11.2. The molecule has 0 bridgehead atoms. The van der Waals surface area contributed by atoms with Crippen molar-refractivity contribution in [2.75, 3.05) is 7.11 Å². The molecule has 1 fully saturated rings. The van der Waals surface area contributed by atoms with Gasteiger partial charge in [0.2, 0.25) is 0 Å². The van der Waals surface area contributed by atoms with E-state index in [1.54, 1.807) is 61.7 Å². The number of carbonyl (C=O) groups excluding carboxylic acids is 2. The van der Waals surface area contributed by atoms with Crippen LogP contribution in [-0.2, 0) is 16.1 Å². The monoisotopic (exact) mass is 491 g/mol. The molecule has 180 valence electrons. The number of nitrogens with zero attached hydrogens (tertiary/aromatic N) is 1. The van der Waals surface area contributed by atoms with Gasteiger partial charge >= 0.3 is 0 Å². The van der Waals surface area contributed by atoms with Crippen molar-refractivity contribution >= 4 is 29.1 Å². The van der Waals surface area contributed by atoms with Gasteiger partial charge in [-0.3, -0.25) is 9.59 Å². The SMILES string of the molecule is COc1ccccc1CN1C(=O)C(=O)/C(=C(/O)c2ccc(OC(C)C)cc2)C1c1ccc(Cl)cc1. The van der Waals surface area contributed by atoms with Crippen LogP contribution in [-0.4, -0.2) is 34.9 Å². The molecule has 35 heavy (non-hydrogen) atoms. The molecule has 3 aromatic carbocycles. The van der Waals surface area contributed by atoms with Gasteiger partial charge in [0, 0.05) is 16.1 Å². The van der Waals surface area contributed by atoms with Crippen LogP contribution in [0.5, 0.6) is 11.5 Å². The zero-order valence-corrected chi connectivity index (χ0v) is 20.5. The van der Waals surface area contributed by atoms with Gasteiger partial charge in [0.1, 0.15) is 17.3 Å². The summed E-state index contributed by atoms with van der Waals surface area (Å²) in [5.74, 6) is -0.452. The fourth-order valence-electron chi connectivity index (χ4n) is 4.17. The second kappa shape index (κ2) is 10.2. The first kappa shape index (κ1) is 24.4. The van der Waals surface area contributed by atoms with E-state index < -0.39 is 17.7 Å². The van der Waals surface area contributed by atoms with Crippen LogP contribution in [0, 0.1) is 0 Å². The van der Waals surface area contributed by atoms with Gasteiger partial charge in [-0.1, -0.05) is 41.9 Å². The fourth-order valence-corrected chi connectivity index (χ4v) is 4.30. The van der Waals surface area contributed by atoms with Gasteiger partial charge in [-0.15, -0.1) is 0 Å². The van der Waals surface area contributed by atoms with Gasteiger partial charge in [-0.2, -0.15) is 0 Å². The van der Waals surface area contributed by atoms with Crippen molar-refractivity contribution < 1.29 is 24.2 Å². The van der Waals surface area contributed by atoms with E-state index in [4.69, 9.17) is 21.1 Å². The summed E-state index contributed by atoms with van der Waals surface area (Å²) in [5.41, 5.74) is 1.83. The quantitative estimate of drug-likeness (QED) is 0.258. The van der Waals surface area contributed by atoms with E-state index in [0.29, 0.717) is 27.6 Å². The van der Waals surface area contributed by atoms with E-state index in [0.717, 1.165) is 5.56 Å². The number of methoxy groups -OCH3 is 1. The van der Waals surface area contributed by atoms with Crippen molar-refractivity contribution in [1.29, 1.82) is 0 Å². The van der Waals surface area contributed by atoms with Gasteiger partial charge < -0.3 is 19.5 Å². The van der Waals surface area contributed by atoms with Crippen molar-refractivity contribution in [3.8, 4) is 11.5 Å². The Morgan fingerprint density at radius 3 is 2.29 bits per heavy atom. The molecule has 0 saturated carbocycles. The maximum absolute atomic E-state index is 13.2. The minimum absolute atomic E-state index is 0.000320. The normalized spacial score (nSPS) is 17.2. The average Bonchev–Trinajstić information content (AvgIpc) is 3.09. The average molecular weight is 492 g/mol. The lowest BCUT2D eigenvalue weighted by Gasteiger charge is -2.26. The number of para-hydroxylation sites is 1. The van der Waals surface area contributed by atoms with Crippen molar-refractivity contribution in [2.24, 2.45) is 0 Å². The summed E-state index contributed by atoms with van der Waals surface area (Å²) >= 11 is 6.09. The summed E-state index contributed by atoms with van der Waals surface area (Å²) in [5, 5.41) is 11.8. The molecule has 1 N–H and O–H groups in total. The Kier molecular flexibility index (Phi) is 7.12. The Bertz CT molecular complexity index is 1270. The predicted molar refractivity (Wildman–Crippen MR) is 134 cm³/mol. The fraction of sp³-hybridized carbons (Fsp3) is 0.214. The van der Waals surface area contributed by atoms with Crippen LogP contribution in [0.1, 0.15) is 36.6 Å². The lowest BCUT2D eigenvalue weighted by atomic mass is 9.95. The third-order valence-corrected chi connectivity index (χ3v) is 6.01. The second-order valence-corrected chi connectivity index (χ2v) is 8.92. The van der Waals surface area contributed by atoms with Crippen molar-refractivity contribution in [3.63, 3.8) is 0 Å².